The second-order valence-electron chi connectivity index (χ2n) is 7.39. The lowest BCUT2D eigenvalue weighted by Gasteiger charge is -2.27. The summed E-state index contributed by atoms with van der Waals surface area (Å²) in [5.41, 5.74) is 1.06. The SMILES string of the molecule is O=C(NCC(c1ccco1)N1CCCC1)C(c1ccc(Cl)cc1)C1CC1. The summed E-state index contributed by atoms with van der Waals surface area (Å²) >= 11 is 6.01. The lowest BCUT2D eigenvalue weighted by molar-refractivity contribution is -0.123. The van der Waals surface area contributed by atoms with Crippen LogP contribution in [0, 0.1) is 5.92 Å². The molecule has 4 nitrogen and oxygen atoms in total. The number of likely N-dealkylation sites (tertiary alicyclic amines) is 1. The van der Waals surface area contributed by atoms with Crippen LogP contribution in [0.2, 0.25) is 5.02 Å². The number of hydrogen-bond acceptors (Lipinski definition) is 3. The van der Waals surface area contributed by atoms with Crippen LogP contribution in [0.15, 0.2) is 47.1 Å². The average molecular weight is 373 g/mol. The topological polar surface area (TPSA) is 45.5 Å². The Labute approximate surface area is 159 Å². The second kappa shape index (κ2) is 7.85. The highest BCUT2D eigenvalue weighted by Crippen LogP contribution is 2.43. The highest BCUT2D eigenvalue weighted by atomic mass is 35.5. The Balaban J connectivity index is 1.45. The molecule has 1 aliphatic carbocycles. The maximum absolute atomic E-state index is 13.0. The first-order valence-electron chi connectivity index (χ1n) is 9.53. The summed E-state index contributed by atoms with van der Waals surface area (Å²) in [4.78, 5) is 15.4. The first-order chi connectivity index (χ1) is 12.7. The standard InChI is InChI=1S/C21H25ClN2O2/c22-17-9-7-16(8-10-17)20(15-5-6-15)21(25)23-14-18(19-4-3-13-26-19)24-11-1-2-12-24/h3-4,7-10,13,15,18,20H,1-2,5-6,11-12,14H2,(H,23,25). The summed E-state index contributed by atoms with van der Waals surface area (Å²) in [7, 11) is 0. The molecule has 1 saturated carbocycles. The normalized spacial score (nSPS) is 20.0. The molecule has 5 heteroatoms. The molecule has 26 heavy (non-hydrogen) atoms. The van der Waals surface area contributed by atoms with Crippen molar-refractivity contribution in [2.75, 3.05) is 19.6 Å². The predicted octanol–water partition coefficient (Wildman–Crippen LogP) is 4.38. The molecular weight excluding hydrogens is 348 g/mol. The lowest BCUT2D eigenvalue weighted by Crippen LogP contribution is -2.39. The molecule has 0 bridgehead atoms. The smallest absolute Gasteiger partial charge is 0.227 e. The number of carbonyl (C=O) groups is 1. The van der Waals surface area contributed by atoms with Crippen molar-refractivity contribution in [3.63, 3.8) is 0 Å². The van der Waals surface area contributed by atoms with Crippen molar-refractivity contribution in [2.24, 2.45) is 5.92 Å². The van der Waals surface area contributed by atoms with Gasteiger partial charge in [-0.25, -0.2) is 0 Å². The zero-order valence-corrected chi connectivity index (χ0v) is 15.6. The third-order valence-electron chi connectivity index (χ3n) is 5.53. The van der Waals surface area contributed by atoms with Crippen molar-refractivity contribution in [1.29, 1.82) is 0 Å². The predicted molar refractivity (Wildman–Crippen MR) is 102 cm³/mol. The molecule has 2 unspecified atom stereocenters. The van der Waals surface area contributed by atoms with Gasteiger partial charge in [-0.15, -0.1) is 0 Å². The first-order valence-corrected chi connectivity index (χ1v) is 9.91. The summed E-state index contributed by atoms with van der Waals surface area (Å²) in [6, 6.07) is 11.7. The van der Waals surface area contributed by atoms with Crippen molar-refractivity contribution in [3.8, 4) is 0 Å². The van der Waals surface area contributed by atoms with Gasteiger partial charge in [0.1, 0.15) is 5.76 Å². The second-order valence-corrected chi connectivity index (χ2v) is 7.82. The molecule has 2 aliphatic rings. The van der Waals surface area contributed by atoms with Gasteiger partial charge in [0.15, 0.2) is 0 Å². The maximum atomic E-state index is 13.0. The molecular formula is C21H25ClN2O2. The minimum Gasteiger partial charge on any atom is -0.468 e. The van der Waals surface area contributed by atoms with Gasteiger partial charge in [0.25, 0.3) is 0 Å². The molecule has 2 heterocycles. The number of benzene rings is 1. The van der Waals surface area contributed by atoms with Crippen LogP contribution in [0.3, 0.4) is 0 Å². The van der Waals surface area contributed by atoms with Crippen molar-refractivity contribution < 1.29 is 9.21 Å². The number of rotatable bonds is 7. The van der Waals surface area contributed by atoms with Crippen molar-refractivity contribution in [3.05, 3.63) is 59.0 Å². The Morgan fingerprint density at radius 2 is 1.92 bits per heavy atom. The van der Waals surface area contributed by atoms with E-state index in [-0.39, 0.29) is 17.9 Å². The van der Waals surface area contributed by atoms with Crippen molar-refractivity contribution in [1.82, 2.24) is 10.2 Å². The average Bonchev–Trinajstić information content (AvgIpc) is 3.12. The Hall–Kier alpha value is -1.78. The van der Waals surface area contributed by atoms with Gasteiger partial charge in [-0.05, 0) is 74.5 Å². The van der Waals surface area contributed by atoms with Crippen LogP contribution in [-0.4, -0.2) is 30.4 Å². The zero-order valence-electron chi connectivity index (χ0n) is 14.9. The van der Waals surface area contributed by atoms with Crippen LogP contribution in [-0.2, 0) is 4.79 Å². The zero-order chi connectivity index (χ0) is 17.9. The van der Waals surface area contributed by atoms with Gasteiger partial charge in [-0.2, -0.15) is 0 Å². The highest BCUT2D eigenvalue weighted by Gasteiger charge is 2.37. The fourth-order valence-corrected chi connectivity index (χ4v) is 4.11. The number of halogens is 1. The number of furan rings is 1. The maximum Gasteiger partial charge on any atom is 0.227 e. The van der Waals surface area contributed by atoms with Gasteiger partial charge in [0, 0.05) is 11.6 Å². The van der Waals surface area contributed by atoms with Gasteiger partial charge in [-0.3, -0.25) is 9.69 Å². The fraction of sp³-hybridized carbons (Fsp3) is 0.476. The molecule has 0 spiro atoms. The Morgan fingerprint density at radius 1 is 1.19 bits per heavy atom. The van der Waals surface area contributed by atoms with E-state index in [1.165, 1.54) is 12.8 Å². The van der Waals surface area contributed by atoms with Crippen LogP contribution in [0.5, 0.6) is 0 Å². The largest absolute Gasteiger partial charge is 0.468 e. The summed E-state index contributed by atoms with van der Waals surface area (Å²) in [6.45, 7) is 2.71. The van der Waals surface area contributed by atoms with E-state index in [0.717, 1.165) is 37.3 Å². The highest BCUT2D eigenvalue weighted by molar-refractivity contribution is 6.30. The monoisotopic (exact) mass is 372 g/mol. The van der Waals surface area contributed by atoms with Crippen LogP contribution in [0.25, 0.3) is 0 Å². The quantitative estimate of drug-likeness (QED) is 0.784. The van der Waals surface area contributed by atoms with Crippen LogP contribution in [0.1, 0.15) is 49.0 Å². The van der Waals surface area contributed by atoms with Gasteiger partial charge < -0.3 is 9.73 Å². The lowest BCUT2D eigenvalue weighted by atomic mass is 9.93. The number of carbonyl (C=O) groups excluding carboxylic acids is 1. The van der Waals surface area contributed by atoms with E-state index in [4.69, 9.17) is 16.0 Å². The number of nitrogens with zero attached hydrogens (tertiary/aromatic N) is 1. The van der Waals surface area contributed by atoms with Gasteiger partial charge in [0.2, 0.25) is 5.91 Å². The summed E-state index contributed by atoms with van der Waals surface area (Å²) in [6.07, 6.45) is 6.37. The van der Waals surface area contributed by atoms with Crippen LogP contribution < -0.4 is 5.32 Å². The van der Waals surface area contributed by atoms with Crippen LogP contribution in [0.4, 0.5) is 0 Å². The van der Waals surface area contributed by atoms with E-state index in [0.29, 0.717) is 17.5 Å². The molecule has 2 fully saturated rings. The number of hydrogen-bond donors (Lipinski definition) is 1. The molecule has 4 rings (SSSR count). The van der Waals surface area contributed by atoms with E-state index in [2.05, 4.69) is 10.2 Å². The summed E-state index contributed by atoms with van der Waals surface area (Å²) < 4.78 is 5.65. The van der Waals surface area contributed by atoms with E-state index in [1.54, 1.807) is 6.26 Å². The third kappa shape index (κ3) is 3.97. The minimum atomic E-state index is -0.0805. The van der Waals surface area contributed by atoms with Gasteiger partial charge >= 0.3 is 0 Å². The fourth-order valence-electron chi connectivity index (χ4n) is 3.99. The summed E-state index contributed by atoms with van der Waals surface area (Å²) in [5.74, 6) is 1.42. The molecule has 1 aliphatic heterocycles. The third-order valence-corrected chi connectivity index (χ3v) is 5.78. The van der Waals surface area contributed by atoms with Gasteiger partial charge in [-0.1, -0.05) is 23.7 Å². The van der Waals surface area contributed by atoms with E-state index in [1.807, 2.05) is 36.4 Å². The molecule has 2 aromatic rings. The molecule has 1 amide bonds. The minimum absolute atomic E-state index is 0.0805. The summed E-state index contributed by atoms with van der Waals surface area (Å²) in [5, 5.41) is 3.91. The van der Waals surface area contributed by atoms with Crippen molar-refractivity contribution in [2.45, 2.75) is 37.6 Å². The molecule has 0 radical (unpaired) electrons. The Kier molecular flexibility index (Phi) is 5.32. The van der Waals surface area contributed by atoms with E-state index in [9.17, 15) is 4.79 Å². The van der Waals surface area contributed by atoms with E-state index < -0.39 is 0 Å². The number of amides is 1. The van der Waals surface area contributed by atoms with E-state index >= 15 is 0 Å². The Morgan fingerprint density at radius 3 is 2.54 bits per heavy atom. The van der Waals surface area contributed by atoms with Gasteiger partial charge in [0.05, 0.1) is 18.2 Å². The molecule has 1 saturated heterocycles. The molecule has 2 atom stereocenters. The molecule has 1 aromatic carbocycles. The first kappa shape index (κ1) is 17.6. The van der Waals surface area contributed by atoms with Crippen molar-refractivity contribution >= 4 is 17.5 Å². The molecule has 1 N–H and O–H groups in total. The molecule has 138 valence electrons. The molecule has 1 aromatic heterocycles. The Bertz CT molecular complexity index is 719. The number of nitrogens with one attached hydrogen (secondary N) is 1. The van der Waals surface area contributed by atoms with Crippen LogP contribution >= 0.6 is 11.6 Å².